The summed E-state index contributed by atoms with van der Waals surface area (Å²) in [6.45, 7) is 16.4. The summed E-state index contributed by atoms with van der Waals surface area (Å²) in [4.78, 5) is 49.4. The van der Waals surface area contributed by atoms with Crippen LogP contribution >= 0.6 is 0 Å². The fourth-order valence-electron chi connectivity index (χ4n) is 7.25. The number of nitrogens with one attached hydrogen (secondary N) is 1. The van der Waals surface area contributed by atoms with Crippen LogP contribution in [0.25, 0.3) is 0 Å². The first-order valence-corrected chi connectivity index (χ1v) is 17.8. The van der Waals surface area contributed by atoms with Gasteiger partial charge in [-0.2, -0.15) is 0 Å². The second-order valence-corrected chi connectivity index (χ2v) is 14.1. The van der Waals surface area contributed by atoms with E-state index in [1.54, 1.807) is 14.0 Å². The summed E-state index contributed by atoms with van der Waals surface area (Å²) in [5.41, 5.74) is -0.182. The summed E-state index contributed by atoms with van der Waals surface area (Å²) >= 11 is 0. The molecule has 3 aliphatic heterocycles. The van der Waals surface area contributed by atoms with Gasteiger partial charge in [0.15, 0.2) is 17.4 Å². The van der Waals surface area contributed by atoms with Gasteiger partial charge in [0.1, 0.15) is 6.33 Å². The van der Waals surface area contributed by atoms with E-state index in [1.807, 2.05) is 18.7 Å². The Hall–Kier alpha value is -4.21. The van der Waals surface area contributed by atoms with E-state index in [4.69, 9.17) is 18.9 Å². The zero-order chi connectivity index (χ0) is 36.7. The number of carbonyl (C=O) groups is 3. The minimum Gasteiger partial charge on any atom is -0.430 e. The third-order valence-corrected chi connectivity index (χ3v) is 9.75. The Morgan fingerprint density at radius 2 is 1.78 bits per heavy atom. The van der Waals surface area contributed by atoms with Crippen LogP contribution in [-0.2, 0) is 14.3 Å². The highest BCUT2D eigenvalue weighted by Gasteiger charge is 2.50. The molecule has 15 heteroatoms. The molecule has 5 rings (SSSR count). The lowest BCUT2D eigenvalue weighted by Crippen LogP contribution is -2.58. The Kier molecular flexibility index (Phi) is 12.6. The number of methoxy groups -OCH3 is 1. The third kappa shape index (κ3) is 8.82. The number of halogens is 1. The summed E-state index contributed by atoms with van der Waals surface area (Å²) in [6.07, 6.45) is 7.24. The van der Waals surface area contributed by atoms with E-state index in [9.17, 15) is 14.4 Å². The lowest BCUT2D eigenvalue weighted by atomic mass is 9.79. The number of carbonyl (C=O) groups excluding carboxylic acids is 3. The predicted molar refractivity (Wildman–Crippen MR) is 187 cm³/mol. The van der Waals surface area contributed by atoms with Gasteiger partial charge in [0.05, 0.1) is 5.56 Å². The molecule has 51 heavy (non-hydrogen) atoms. The number of nitrogens with zero attached hydrogens (tertiary/aromatic N) is 6. The van der Waals surface area contributed by atoms with Gasteiger partial charge < -0.3 is 34.1 Å². The first-order valence-electron chi connectivity index (χ1n) is 17.8. The average molecular weight is 712 g/mol. The molecule has 1 atom stereocenters. The van der Waals surface area contributed by atoms with Crippen LogP contribution < -0.4 is 24.4 Å². The van der Waals surface area contributed by atoms with E-state index in [1.165, 1.54) is 11.2 Å². The molecule has 0 saturated carbocycles. The molecule has 1 aromatic heterocycles. The van der Waals surface area contributed by atoms with E-state index >= 15 is 4.39 Å². The highest BCUT2D eigenvalue weighted by atomic mass is 19.1. The van der Waals surface area contributed by atoms with Gasteiger partial charge in [-0.05, 0) is 78.1 Å². The van der Waals surface area contributed by atoms with Crippen molar-refractivity contribution >= 4 is 23.7 Å². The molecule has 1 unspecified atom stereocenters. The molecule has 1 N–H and O–H groups in total. The van der Waals surface area contributed by atoms with E-state index < -0.39 is 35.2 Å². The molecule has 1 amide bonds. The number of hydrogen-bond donors (Lipinski definition) is 1. The van der Waals surface area contributed by atoms with Crippen LogP contribution in [0, 0.1) is 17.2 Å². The molecule has 4 heterocycles. The Labute approximate surface area is 298 Å². The zero-order valence-electron chi connectivity index (χ0n) is 30.4. The van der Waals surface area contributed by atoms with Crippen molar-refractivity contribution in [3.05, 3.63) is 35.9 Å². The largest absolute Gasteiger partial charge is 0.430 e. The van der Waals surface area contributed by atoms with Crippen molar-refractivity contribution in [3.8, 4) is 23.1 Å². The SMILES string of the molecule is CCN(C(=O)c1cc(F)c2c(c1Oc1nncnc1N1CC3(CCN(C(CCCNCCCOC)C(C)C)C3)C1)OC(=O)/C=C/C(=O)O2)C(C)C. The van der Waals surface area contributed by atoms with Crippen molar-refractivity contribution in [2.24, 2.45) is 11.3 Å². The smallest absolute Gasteiger partial charge is 0.336 e. The highest BCUT2D eigenvalue weighted by Crippen LogP contribution is 2.48. The first-order chi connectivity index (χ1) is 24.5. The number of likely N-dealkylation sites (tertiary alicyclic amines) is 1. The minimum absolute atomic E-state index is 0.0645. The molecule has 2 saturated heterocycles. The number of ether oxygens (including phenoxy) is 4. The molecule has 278 valence electrons. The molecular formula is C36H50FN7O7. The summed E-state index contributed by atoms with van der Waals surface area (Å²) in [6, 6.07) is 1.14. The number of hydrogen-bond acceptors (Lipinski definition) is 13. The van der Waals surface area contributed by atoms with E-state index in [0.29, 0.717) is 37.4 Å². The Morgan fingerprint density at radius 3 is 2.45 bits per heavy atom. The lowest BCUT2D eigenvalue weighted by molar-refractivity contribution is -0.133. The maximum atomic E-state index is 15.5. The fraction of sp³-hybridized carbons (Fsp3) is 0.611. The minimum atomic E-state index is -1.08. The number of rotatable bonds is 16. The Bertz CT molecular complexity index is 1600. The van der Waals surface area contributed by atoms with Crippen molar-refractivity contribution in [2.45, 2.75) is 72.4 Å². The number of anilines is 1. The Balaban J connectivity index is 1.36. The van der Waals surface area contributed by atoms with E-state index in [0.717, 1.165) is 76.7 Å². The van der Waals surface area contributed by atoms with Gasteiger partial charge in [-0.3, -0.25) is 9.69 Å². The number of fused-ring (bicyclic) bond motifs is 1. The van der Waals surface area contributed by atoms with Crippen LogP contribution in [0.3, 0.4) is 0 Å². The second-order valence-electron chi connectivity index (χ2n) is 14.1. The molecular weight excluding hydrogens is 661 g/mol. The zero-order valence-corrected chi connectivity index (χ0v) is 30.4. The number of amides is 1. The van der Waals surface area contributed by atoms with Crippen molar-refractivity contribution in [1.29, 1.82) is 0 Å². The number of esters is 2. The van der Waals surface area contributed by atoms with Crippen molar-refractivity contribution in [2.75, 3.05) is 64.4 Å². The molecule has 1 spiro atoms. The van der Waals surface area contributed by atoms with E-state index in [-0.39, 0.29) is 28.6 Å². The van der Waals surface area contributed by atoms with Crippen LogP contribution in [0.5, 0.6) is 23.1 Å². The predicted octanol–water partition coefficient (Wildman–Crippen LogP) is 4.00. The molecule has 0 aliphatic carbocycles. The summed E-state index contributed by atoms with van der Waals surface area (Å²) < 4.78 is 37.5. The van der Waals surface area contributed by atoms with Crippen LogP contribution in [0.1, 0.15) is 70.7 Å². The van der Waals surface area contributed by atoms with Crippen LogP contribution in [0.15, 0.2) is 24.5 Å². The monoisotopic (exact) mass is 711 g/mol. The van der Waals surface area contributed by atoms with Gasteiger partial charge in [-0.1, -0.05) is 13.8 Å². The van der Waals surface area contributed by atoms with Gasteiger partial charge in [0.25, 0.3) is 11.8 Å². The van der Waals surface area contributed by atoms with E-state index in [2.05, 4.69) is 39.2 Å². The molecule has 14 nitrogen and oxygen atoms in total. The maximum Gasteiger partial charge on any atom is 0.336 e. The quantitative estimate of drug-likeness (QED) is 0.152. The van der Waals surface area contributed by atoms with Crippen molar-refractivity contribution in [3.63, 3.8) is 0 Å². The van der Waals surface area contributed by atoms with Gasteiger partial charge in [-0.25, -0.2) is 19.0 Å². The topological polar surface area (TPSA) is 149 Å². The first kappa shape index (κ1) is 38.0. The molecule has 2 fully saturated rings. The standard InChI is InChI=1S/C36H50FN7O7/c1-7-44(24(4)5)35(47)25-18-26(37)31-32(50-29(46)12-11-28(45)49-31)30(25)51-34-33(39-22-40-41-34)43-20-36(21-43)13-16-42(19-36)27(23(2)3)10-8-14-38-15-9-17-48-6/h11-12,18,22-24,27,38H,7-10,13-17,19-21H2,1-6H3/b12-11+. The van der Waals surface area contributed by atoms with Crippen molar-refractivity contribution < 1.29 is 37.7 Å². The lowest BCUT2D eigenvalue weighted by Gasteiger charge is -2.49. The summed E-state index contributed by atoms with van der Waals surface area (Å²) in [5, 5.41) is 11.6. The fourth-order valence-corrected chi connectivity index (χ4v) is 7.25. The molecule has 0 radical (unpaired) electrons. The number of benzene rings is 1. The molecule has 1 aromatic carbocycles. The molecule has 3 aliphatic rings. The number of aromatic nitrogens is 3. The third-order valence-electron chi connectivity index (χ3n) is 9.75. The average Bonchev–Trinajstić information content (AvgIpc) is 3.52. The molecule has 0 bridgehead atoms. The normalized spacial score (nSPS) is 18.2. The maximum absolute atomic E-state index is 15.5. The summed E-state index contributed by atoms with van der Waals surface area (Å²) in [5.74, 6) is -4.42. The van der Waals surface area contributed by atoms with Crippen LogP contribution in [0.4, 0.5) is 10.2 Å². The Morgan fingerprint density at radius 1 is 1.08 bits per heavy atom. The van der Waals surface area contributed by atoms with Gasteiger partial charge >= 0.3 is 11.9 Å². The van der Waals surface area contributed by atoms with Gasteiger partial charge in [0, 0.05) is 69.5 Å². The highest BCUT2D eigenvalue weighted by molar-refractivity contribution is 6.01. The van der Waals surface area contributed by atoms with Crippen LogP contribution in [-0.4, -0.2) is 114 Å². The van der Waals surface area contributed by atoms with Crippen LogP contribution in [0.2, 0.25) is 0 Å². The second kappa shape index (κ2) is 16.9. The van der Waals surface area contributed by atoms with Gasteiger partial charge in [0.2, 0.25) is 11.5 Å². The van der Waals surface area contributed by atoms with Gasteiger partial charge in [-0.15, -0.1) is 10.2 Å². The molecule has 2 aromatic rings. The summed E-state index contributed by atoms with van der Waals surface area (Å²) in [7, 11) is 1.72. The van der Waals surface area contributed by atoms with Crippen molar-refractivity contribution in [1.82, 2.24) is 30.3 Å².